The highest BCUT2D eigenvalue weighted by Gasteiger charge is 2.55. The molecule has 2 bridgehead atoms. The molecule has 4 rings (SSSR count). The number of carboxylic acids is 1. The van der Waals surface area contributed by atoms with Crippen molar-refractivity contribution in [2.75, 3.05) is 6.54 Å². The molecule has 170 valence electrons. The Kier molecular flexibility index (Phi) is 5.78. The molecule has 32 heavy (non-hydrogen) atoms. The van der Waals surface area contributed by atoms with Gasteiger partial charge in [0.1, 0.15) is 12.6 Å². The summed E-state index contributed by atoms with van der Waals surface area (Å²) in [6.45, 7) is -0.221. The van der Waals surface area contributed by atoms with Crippen molar-refractivity contribution >= 4 is 22.1 Å². The Morgan fingerprint density at radius 1 is 1.09 bits per heavy atom. The topological polar surface area (TPSA) is 124 Å². The molecular formula is C21H21FN2O7S. The van der Waals surface area contributed by atoms with E-state index in [4.69, 9.17) is 4.74 Å². The number of piperazine rings is 1. The first-order chi connectivity index (χ1) is 15.2. The molecule has 2 saturated heterocycles. The zero-order chi connectivity index (χ0) is 23.0. The molecule has 0 radical (unpaired) electrons. The van der Waals surface area contributed by atoms with E-state index in [1.54, 1.807) is 24.3 Å². The van der Waals surface area contributed by atoms with Crippen LogP contribution in [-0.4, -0.2) is 64.6 Å². The smallest absolute Gasteiger partial charge is 0.407 e. The van der Waals surface area contributed by atoms with Crippen molar-refractivity contribution < 1.29 is 37.3 Å². The second-order valence-electron chi connectivity index (χ2n) is 7.71. The first-order valence-corrected chi connectivity index (χ1v) is 11.4. The van der Waals surface area contributed by atoms with E-state index in [2.05, 4.69) is 0 Å². The summed E-state index contributed by atoms with van der Waals surface area (Å²) >= 11 is 0. The minimum Gasteiger partial charge on any atom is -0.486 e. The SMILES string of the molecule is O=C(O)[C@@H]1C2CC[C@H](CN1S(=O)(=O)c1ccc(OCc3ccccc3)c(F)c1)N2C(=O)O. The van der Waals surface area contributed by atoms with Crippen molar-refractivity contribution in [3.05, 3.63) is 59.9 Å². The minimum absolute atomic E-state index is 0.0887. The predicted octanol–water partition coefficient (Wildman–Crippen LogP) is 2.37. The van der Waals surface area contributed by atoms with Crippen LogP contribution in [-0.2, 0) is 21.4 Å². The lowest BCUT2D eigenvalue weighted by molar-refractivity contribution is -0.144. The largest absolute Gasteiger partial charge is 0.486 e. The van der Waals surface area contributed by atoms with Crippen molar-refractivity contribution in [1.82, 2.24) is 9.21 Å². The Labute approximate surface area is 183 Å². The molecule has 2 fully saturated rings. The van der Waals surface area contributed by atoms with Crippen molar-refractivity contribution in [2.45, 2.75) is 42.5 Å². The lowest BCUT2D eigenvalue weighted by Crippen LogP contribution is -2.64. The predicted molar refractivity (Wildman–Crippen MR) is 109 cm³/mol. The molecule has 0 aromatic heterocycles. The van der Waals surface area contributed by atoms with Gasteiger partial charge in [-0.3, -0.25) is 9.69 Å². The van der Waals surface area contributed by atoms with E-state index in [1.165, 1.54) is 6.07 Å². The molecule has 1 amide bonds. The van der Waals surface area contributed by atoms with Gasteiger partial charge in [0.05, 0.1) is 10.9 Å². The lowest BCUT2D eigenvalue weighted by Gasteiger charge is -2.42. The average molecular weight is 464 g/mol. The maximum atomic E-state index is 14.6. The van der Waals surface area contributed by atoms with Crippen LogP contribution in [0.5, 0.6) is 5.75 Å². The molecular weight excluding hydrogens is 443 g/mol. The third-order valence-corrected chi connectivity index (χ3v) is 7.68. The number of sulfonamides is 1. The minimum atomic E-state index is -4.40. The van der Waals surface area contributed by atoms with E-state index in [-0.39, 0.29) is 25.3 Å². The van der Waals surface area contributed by atoms with Gasteiger partial charge in [0.25, 0.3) is 0 Å². The molecule has 1 unspecified atom stereocenters. The van der Waals surface area contributed by atoms with Crippen LogP contribution >= 0.6 is 0 Å². The van der Waals surface area contributed by atoms with Crippen LogP contribution in [0.4, 0.5) is 9.18 Å². The van der Waals surface area contributed by atoms with Crippen molar-refractivity contribution in [3.8, 4) is 5.75 Å². The zero-order valence-corrected chi connectivity index (χ0v) is 17.6. The number of ether oxygens (including phenoxy) is 1. The number of halogens is 1. The third kappa shape index (κ3) is 3.89. The Bertz CT molecular complexity index is 1140. The molecule has 2 N–H and O–H groups in total. The van der Waals surface area contributed by atoms with Crippen LogP contribution in [0.3, 0.4) is 0 Å². The second-order valence-corrected chi connectivity index (χ2v) is 9.60. The standard InChI is InChI=1S/C21H21FN2O7S/c22-16-10-15(7-9-18(16)31-12-13-4-2-1-3-5-13)32(29,30)23-11-14-6-8-17(19(23)20(25)26)24(14)21(27)28/h1-5,7,9-10,14,17,19H,6,8,11-12H2,(H,25,26)(H,27,28)/t14-,17?,19+/m1/s1. The number of carboxylic acid groups (broad SMARTS) is 2. The van der Waals surface area contributed by atoms with Crippen LogP contribution in [0, 0.1) is 5.82 Å². The summed E-state index contributed by atoms with van der Waals surface area (Å²) in [5, 5.41) is 19.1. The first-order valence-electron chi connectivity index (χ1n) is 9.92. The quantitative estimate of drug-likeness (QED) is 0.673. The number of hydrogen-bond acceptors (Lipinski definition) is 5. The van der Waals surface area contributed by atoms with Crippen molar-refractivity contribution in [1.29, 1.82) is 0 Å². The Balaban J connectivity index is 1.59. The van der Waals surface area contributed by atoms with Crippen LogP contribution in [0.1, 0.15) is 18.4 Å². The fourth-order valence-electron chi connectivity index (χ4n) is 4.38. The average Bonchev–Trinajstić information content (AvgIpc) is 3.06. The number of benzene rings is 2. The summed E-state index contributed by atoms with van der Waals surface area (Å²) in [5.74, 6) is -2.49. The molecule has 3 atom stereocenters. The normalized spacial score (nSPS) is 23.2. The number of fused-ring (bicyclic) bond motifs is 2. The highest BCUT2D eigenvalue weighted by molar-refractivity contribution is 7.89. The number of amides is 1. The summed E-state index contributed by atoms with van der Waals surface area (Å²) < 4.78 is 47.3. The fourth-order valence-corrected chi connectivity index (χ4v) is 6.04. The van der Waals surface area contributed by atoms with Gasteiger partial charge in [-0.05, 0) is 36.6 Å². The zero-order valence-electron chi connectivity index (χ0n) is 16.8. The van der Waals surface area contributed by atoms with E-state index in [0.29, 0.717) is 6.42 Å². The maximum Gasteiger partial charge on any atom is 0.407 e. The highest BCUT2D eigenvalue weighted by atomic mass is 32.2. The van der Waals surface area contributed by atoms with Gasteiger partial charge in [0.2, 0.25) is 10.0 Å². The monoisotopic (exact) mass is 464 g/mol. The Morgan fingerprint density at radius 3 is 2.44 bits per heavy atom. The van der Waals surface area contributed by atoms with E-state index >= 15 is 0 Å². The Hall–Kier alpha value is -3.18. The Morgan fingerprint density at radius 2 is 1.81 bits per heavy atom. The highest BCUT2D eigenvalue weighted by Crippen LogP contribution is 2.37. The summed E-state index contributed by atoms with van der Waals surface area (Å²) in [4.78, 5) is 24.1. The molecule has 9 nitrogen and oxygen atoms in total. The van der Waals surface area contributed by atoms with Gasteiger partial charge in [-0.2, -0.15) is 4.31 Å². The molecule has 2 aromatic carbocycles. The lowest BCUT2D eigenvalue weighted by atomic mass is 10.1. The summed E-state index contributed by atoms with van der Waals surface area (Å²) in [7, 11) is -4.40. The van der Waals surface area contributed by atoms with Crippen molar-refractivity contribution in [3.63, 3.8) is 0 Å². The summed E-state index contributed by atoms with van der Waals surface area (Å²) in [6, 6.07) is 8.93. The van der Waals surface area contributed by atoms with Gasteiger partial charge in [0, 0.05) is 12.6 Å². The van der Waals surface area contributed by atoms with Crippen LogP contribution in [0.15, 0.2) is 53.4 Å². The van der Waals surface area contributed by atoms with Crippen LogP contribution in [0.2, 0.25) is 0 Å². The van der Waals surface area contributed by atoms with Crippen molar-refractivity contribution in [2.24, 2.45) is 0 Å². The first kappa shape index (κ1) is 22.0. The number of rotatable bonds is 6. The molecule has 0 aliphatic carbocycles. The van der Waals surface area contributed by atoms with E-state index in [1.807, 2.05) is 6.07 Å². The van der Waals surface area contributed by atoms with Gasteiger partial charge in [-0.15, -0.1) is 0 Å². The molecule has 0 spiro atoms. The third-order valence-electron chi connectivity index (χ3n) is 5.83. The van der Waals surface area contributed by atoms with Gasteiger partial charge < -0.3 is 14.9 Å². The summed E-state index contributed by atoms with van der Waals surface area (Å²) in [5.41, 5.74) is 0.805. The van der Waals surface area contributed by atoms with Crippen LogP contribution < -0.4 is 4.74 Å². The van der Waals surface area contributed by atoms with Gasteiger partial charge >= 0.3 is 12.1 Å². The molecule has 2 heterocycles. The maximum absolute atomic E-state index is 14.6. The molecule has 2 aliphatic rings. The van der Waals surface area contributed by atoms with E-state index in [0.717, 1.165) is 26.9 Å². The van der Waals surface area contributed by atoms with E-state index < -0.39 is 50.9 Å². The second kappa shape index (κ2) is 8.40. The molecule has 0 saturated carbocycles. The number of hydrogen-bond donors (Lipinski definition) is 2. The molecule has 2 aliphatic heterocycles. The number of nitrogens with zero attached hydrogens (tertiary/aromatic N) is 2. The molecule has 11 heteroatoms. The number of aliphatic carboxylic acids is 1. The summed E-state index contributed by atoms with van der Waals surface area (Å²) in [6.07, 6.45) is -0.694. The van der Waals surface area contributed by atoms with Gasteiger partial charge in [-0.25, -0.2) is 17.6 Å². The number of carbonyl (C=O) groups is 2. The van der Waals surface area contributed by atoms with Crippen LogP contribution in [0.25, 0.3) is 0 Å². The van der Waals surface area contributed by atoms with E-state index in [9.17, 15) is 32.6 Å². The fraction of sp³-hybridized carbons (Fsp3) is 0.333. The molecule has 2 aromatic rings. The van der Waals surface area contributed by atoms with Gasteiger partial charge in [-0.1, -0.05) is 30.3 Å². The van der Waals surface area contributed by atoms with Gasteiger partial charge in [0.15, 0.2) is 11.6 Å².